The van der Waals surface area contributed by atoms with Crippen LogP contribution in [0.2, 0.25) is 5.02 Å². The Morgan fingerprint density at radius 3 is 2.48 bits per heavy atom. The van der Waals surface area contributed by atoms with E-state index in [2.05, 4.69) is 36.3 Å². The summed E-state index contributed by atoms with van der Waals surface area (Å²) in [6.45, 7) is -0.294. The number of anilines is 5. The van der Waals surface area contributed by atoms with Gasteiger partial charge in [-0.15, -0.1) is 0 Å². The number of imide groups is 1. The number of rotatable bonds is 7. The molecule has 0 bridgehead atoms. The molecular weight excluding hydrogens is 839 g/mol. The predicted octanol–water partition coefficient (Wildman–Crippen LogP) is 7.00. The van der Waals surface area contributed by atoms with Crippen LogP contribution < -0.4 is 36.5 Å². The summed E-state index contributed by atoms with van der Waals surface area (Å²) in [6, 6.07) is 8.22. The Balaban J connectivity index is 0.845. The lowest BCUT2D eigenvalue weighted by Gasteiger charge is -2.55. The van der Waals surface area contributed by atoms with E-state index in [-0.39, 0.29) is 59.3 Å². The van der Waals surface area contributed by atoms with Crippen molar-refractivity contribution in [3.05, 3.63) is 63.7 Å². The maximum Gasteiger partial charge on any atom is 0.393 e. The third-order valence-corrected chi connectivity index (χ3v) is 13.6. The highest BCUT2D eigenvalue weighted by molar-refractivity contribution is 6.33. The molecule has 5 aromatic rings. The van der Waals surface area contributed by atoms with Crippen LogP contribution in [0.15, 0.2) is 47.4 Å². The van der Waals surface area contributed by atoms with Crippen molar-refractivity contribution in [3.8, 4) is 5.75 Å². The fraction of sp³-hybridized carbons (Fsp3) is 0.476. The topological polar surface area (TPSA) is 160 Å². The Morgan fingerprint density at radius 2 is 1.74 bits per heavy atom. The molecule has 10 rings (SSSR count). The number of carbonyl (C=O) groups is 2. The summed E-state index contributed by atoms with van der Waals surface area (Å²) in [5, 5.41) is 17.6. The second kappa shape index (κ2) is 14.4. The van der Waals surface area contributed by atoms with Gasteiger partial charge in [-0.1, -0.05) is 11.6 Å². The van der Waals surface area contributed by atoms with Crippen LogP contribution in [0.1, 0.15) is 56.6 Å². The summed E-state index contributed by atoms with van der Waals surface area (Å²) < 4.78 is 83.2. The lowest BCUT2D eigenvalue weighted by Crippen LogP contribution is -2.62. The fourth-order valence-electron chi connectivity index (χ4n) is 9.90. The lowest BCUT2D eigenvalue weighted by atomic mass is 9.63. The van der Waals surface area contributed by atoms with E-state index in [1.54, 1.807) is 55.2 Å². The normalized spacial score (nSPS) is 24.5. The van der Waals surface area contributed by atoms with Crippen LogP contribution in [0.25, 0.3) is 21.8 Å². The van der Waals surface area contributed by atoms with Gasteiger partial charge in [0.2, 0.25) is 23.5 Å². The standard InChI is InChI=1S/C42H42ClF5N10O4/c1-56-29-9-6-21(13-25(29)33-34(38(56)61)62-19-41(44,45)35(53-33)20-3-4-20)51-36-27(43)16-49-39(54-36)58-17-40(18-58)12-11-28(26(15-40)42(46,47)48)50-22-5-7-23-30(14-22)57(2)55-32(23)24-8-10-31(59)52-37(24)60/h5-7,9,13-14,16,20,24,26,28,35,50,53H,3-4,8,10-12,15,17-19H2,1-2H3,(H,49,51,54)(H,52,59,60)/t24?,26-,28?,35-/m0/s1. The highest BCUT2D eigenvalue weighted by Gasteiger charge is 2.56. The number of hydrogen-bond acceptors (Lipinski definition) is 11. The number of benzene rings is 2. The first-order chi connectivity index (χ1) is 29.5. The second-order valence-corrected chi connectivity index (χ2v) is 18.0. The van der Waals surface area contributed by atoms with Gasteiger partial charge in [0.15, 0.2) is 12.4 Å². The molecule has 20 heteroatoms. The molecular formula is C42H42ClF5N10O4. The minimum Gasteiger partial charge on any atom is -0.480 e. The Labute approximate surface area is 355 Å². The number of ether oxygens (including phenoxy) is 1. The summed E-state index contributed by atoms with van der Waals surface area (Å²) >= 11 is 6.56. The van der Waals surface area contributed by atoms with Gasteiger partial charge in [-0.25, -0.2) is 13.8 Å². The molecule has 2 amide bonds. The van der Waals surface area contributed by atoms with Crippen molar-refractivity contribution >= 4 is 74.0 Å². The van der Waals surface area contributed by atoms with Crippen molar-refractivity contribution in [3.63, 3.8) is 0 Å². The molecule has 3 aliphatic heterocycles. The number of halogens is 6. The van der Waals surface area contributed by atoms with Crippen molar-refractivity contribution in [1.29, 1.82) is 0 Å². The number of hydrogen-bond donors (Lipinski definition) is 4. The number of piperidine rings is 1. The molecule has 3 aromatic heterocycles. The smallest absolute Gasteiger partial charge is 0.393 e. The van der Waals surface area contributed by atoms with E-state index in [4.69, 9.17) is 16.3 Å². The van der Waals surface area contributed by atoms with Gasteiger partial charge in [0.25, 0.3) is 5.56 Å². The number of alkyl halides is 5. The summed E-state index contributed by atoms with van der Waals surface area (Å²) in [4.78, 5) is 48.4. The number of aromatic nitrogens is 5. The minimum absolute atomic E-state index is 0.0911. The van der Waals surface area contributed by atoms with E-state index in [1.165, 1.54) is 10.8 Å². The number of pyridine rings is 1. The van der Waals surface area contributed by atoms with Crippen LogP contribution in [0.4, 0.5) is 50.8 Å². The zero-order valence-corrected chi connectivity index (χ0v) is 34.3. The molecule has 0 radical (unpaired) electrons. The third kappa shape index (κ3) is 7.01. The Bertz CT molecular complexity index is 2730. The van der Waals surface area contributed by atoms with Crippen LogP contribution in [0.5, 0.6) is 5.75 Å². The van der Waals surface area contributed by atoms with Gasteiger partial charge in [-0.05, 0) is 80.8 Å². The zero-order valence-electron chi connectivity index (χ0n) is 33.6. The molecule has 1 spiro atoms. The molecule has 2 unspecified atom stereocenters. The number of fused-ring (bicyclic) bond motifs is 4. The van der Waals surface area contributed by atoms with Crippen LogP contribution >= 0.6 is 11.6 Å². The van der Waals surface area contributed by atoms with Gasteiger partial charge in [0, 0.05) is 67.2 Å². The predicted molar refractivity (Wildman–Crippen MR) is 221 cm³/mol. The van der Waals surface area contributed by atoms with Crippen molar-refractivity contribution in [1.82, 2.24) is 29.6 Å². The molecule has 4 N–H and O–H groups in total. The van der Waals surface area contributed by atoms with Gasteiger partial charge in [-0.3, -0.25) is 24.4 Å². The van der Waals surface area contributed by atoms with Gasteiger partial charge < -0.3 is 30.2 Å². The van der Waals surface area contributed by atoms with E-state index >= 15 is 8.78 Å². The molecule has 62 heavy (non-hydrogen) atoms. The molecule has 2 aromatic carbocycles. The molecule has 2 saturated heterocycles. The van der Waals surface area contributed by atoms with Gasteiger partial charge >= 0.3 is 12.1 Å². The molecule has 4 fully saturated rings. The maximum absolute atomic E-state index is 15.2. The summed E-state index contributed by atoms with van der Waals surface area (Å²) in [7, 11) is 3.25. The average molecular weight is 881 g/mol. The van der Waals surface area contributed by atoms with E-state index < -0.39 is 59.5 Å². The average Bonchev–Trinajstić information content (AvgIpc) is 4.02. The first-order valence-corrected chi connectivity index (χ1v) is 21.0. The monoisotopic (exact) mass is 880 g/mol. The van der Waals surface area contributed by atoms with Crippen molar-refractivity contribution in [2.45, 2.75) is 75.0 Å². The third-order valence-electron chi connectivity index (χ3n) is 13.3. The Kier molecular flexibility index (Phi) is 9.39. The van der Waals surface area contributed by atoms with Crippen molar-refractivity contribution in [2.75, 3.05) is 40.5 Å². The van der Waals surface area contributed by atoms with Crippen molar-refractivity contribution in [2.24, 2.45) is 31.3 Å². The Morgan fingerprint density at radius 1 is 0.968 bits per heavy atom. The summed E-state index contributed by atoms with van der Waals surface area (Å²) in [5.41, 5.74) is 1.70. The quantitative estimate of drug-likeness (QED) is 0.0985. The van der Waals surface area contributed by atoms with E-state index in [0.29, 0.717) is 77.6 Å². The zero-order chi connectivity index (χ0) is 43.5. The highest BCUT2D eigenvalue weighted by atomic mass is 35.5. The molecule has 2 aliphatic carbocycles. The summed E-state index contributed by atoms with van der Waals surface area (Å²) in [6.07, 6.45) is -0.518. The molecule has 6 heterocycles. The summed E-state index contributed by atoms with van der Waals surface area (Å²) in [5.74, 6) is -6.08. The number of carbonyl (C=O) groups excluding carboxylic acids is 2. The SMILES string of the molecule is Cn1nc(C2CCC(=O)NC2=O)c2ccc(NC3CCC4(C[C@@H]3C(F)(F)F)CN(c3ncc(Cl)c(Nc5ccc6c(c5)c5c(c(=O)n6C)OCC(F)(F)[C@H](C6CC6)N5)n3)C4)cc21. The van der Waals surface area contributed by atoms with Gasteiger partial charge in [0.1, 0.15) is 5.02 Å². The maximum atomic E-state index is 15.2. The largest absolute Gasteiger partial charge is 0.480 e. The first kappa shape index (κ1) is 40.4. The molecule has 4 atom stereocenters. The fourth-order valence-corrected chi connectivity index (χ4v) is 10.0. The highest BCUT2D eigenvalue weighted by Crippen LogP contribution is 2.52. The van der Waals surface area contributed by atoms with E-state index in [0.717, 1.165) is 0 Å². The number of nitrogens with one attached hydrogen (secondary N) is 4. The van der Waals surface area contributed by atoms with Crippen LogP contribution in [-0.4, -0.2) is 80.0 Å². The lowest BCUT2D eigenvalue weighted by molar-refractivity contribution is -0.196. The van der Waals surface area contributed by atoms with Crippen molar-refractivity contribution < 1.29 is 36.3 Å². The van der Waals surface area contributed by atoms with Crippen LogP contribution in [0.3, 0.4) is 0 Å². The Hall–Kier alpha value is -5.72. The van der Waals surface area contributed by atoms with E-state index in [1.807, 2.05) is 4.90 Å². The van der Waals surface area contributed by atoms with Gasteiger partial charge in [-0.2, -0.15) is 23.3 Å². The number of amides is 2. The first-order valence-electron chi connectivity index (χ1n) is 20.6. The number of aryl methyl sites for hydroxylation is 2. The molecule has 5 aliphatic rings. The van der Waals surface area contributed by atoms with Crippen LogP contribution in [-0.2, 0) is 23.7 Å². The molecule has 2 saturated carbocycles. The minimum atomic E-state index is -4.47. The number of nitrogens with zero attached hydrogens (tertiary/aromatic N) is 6. The van der Waals surface area contributed by atoms with E-state index in [9.17, 15) is 27.6 Å². The molecule has 326 valence electrons. The van der Waals surface area contributed by atoms with Gasteiger partial charge in [0.05, 0.1) is 46.5 Å². The van der Waals surface area contributed by atoms with Crippen LogP contribution in [0, 0.1) is 17.3 Å². The second-order valence-electron chi connectivity index (χ2n) is 17.5. The molecule has 14 nitrogen and oxygen atoms in total.